The first-order chi connectivity index (χ1) is 12.8. The molecule has 0 saturated carbocycles. The monoisotopic (exact) mass is 338 g/mol. The lowest BCUT2D eigenvalue weighted by Gasteiger charge is -2.03. The summed E-state index contributed by atoms with van der Waals surface area (Å²) < 4.78 is 6.98. The van der Waals surface area contributed by atoms with Gasteiger partial charge in [-0.25, -0.2) is 14.1 Å². The number of para-hydroxylation sites is 1. The van der Waals surface area contributed by atoms with Gasteiger partial charge in [-0.1, -0.05) is 18.2 Å². The van der Waals surface area contributed by atoms with Gasteiger partial charge in [-0.15, -0.1) is 0 Å². The van der Waals surface area contributed by atoms with Crippen molar-refractivity contribution < 1.29 is 4.57 Å². The average Bonchev–Trinajstić information content (AvgIpc) is 3.31. The molecule has 0 unspecified atom stereocenters. The third-order valence-corrected chi connectivity index (χ3v) is 5.34. The molecule has 26 heavy (non-hydrogen) atoms. The van der Waals surface area contributed by atoms with E-state index < -0.39 is 0 Å². The van der Waals surface area contributed by atoms with Gasteiger partial charge in [0.2, 0.25) is 11.3 Å². The van der Waals surface area contributed by atoms with E-state index in [9.17, 15) is 0 Å². The highest BCUT2D eigenvalue weighted by atomic mass is 15.3. The number of nitrogens with zero attached hydrogens (tertiary/aromatic N) is 5. The topological polar surface area (TPSA) is 39.5 Å². The standard InChI is InChI=1S/C21H16N5/c1-24-17-8-5-10-23-18(17)19-21(24)25-13-14-12-22-11-9-16(14)20(25)26(19)15-6-3-2-4-7-15/h2-12H,13H2,1H3/q+1. The molecule has 0 fully saturated rings. The molecule has 0 radical (unpaired) electrons. The Labute approximate surface area is 149 Å². The van der Waals surface area contributed by atoms with Crippen LogP contribution in [0.3, 0.4) is 0 Å². The molecule has 0 aliphatic carbocycles. The Morgan fingerprint density at radius 3 is 2.77 bits per heavy atom. The third kappa shape index (κ3) is 1.57. The van der Waals surface area contributed by atoms with Crippen molar-refractivity contribution in [2.75, 3.05) is 0 Å². The highest BCUT2D eigenvalue weighted by Crippen LogP contribution is 2.36. The van der Waals surface area contributed by atoms with E-state index in [1.165, 1.54) is 22.6 Å². The van der Waals surface area contributed by atoms with E-state index >= 15 is 0 Å². The minimum Gasteiger partial charge on any atom is -0.264 e. The molecule has 1 aromatic carbocycles. The molecule has 0 amide bonds. The maximum absolute atomic E-state index is 4.72. The fourth-order valence-corrected chi connectivity index (χ4v) is 4.26. The van der Waals surface area contributed by atoms with Crippen molar-refractivity contribution in [1.82, 2.24) is 19.1 Å². The van der Waals surface area contributed by atoms with Gasteiger partial charge >= 0.3 is 0 Å². The van der Waals surface area contributed by atoms with Gasteiger partial charge in [-0.05, 0) is 30.3 Å². The summed E-state index contributed by atoms with van der Waals surface area (Å²) in [6.07, 6.45) is 5.72. The summed E-state index contributed by atoms with van der Waals surface area (Å²) >= 11 is 0. The van der Waals surface area contributed by atoms with Crippen LogP contribution in [0.15, 0.2) is 67.1 Å². The lowest BCUT2D eigenvalue weighted by atomic mass is 10.1. The molecule has 1 aliphatic heterocycles. The van der Waals surface area contributed by atoms with Crippen molar-refractivity contribution in [2.24, 2.45) is 7.05 Å². The fraction of sp³-hybridized carbons (Fsp3) is 0.0952. The molecule has 0 bridgehead atoms. The number of aromatic nitrogens is 5. The zero-order valence-electron chi connectivity index (χ0n) is 14.3. The molecule has 0 N–H and O–H groups in total. The predicted octanol–water partition coefficient (Wildman–Crippen LogP) is 3.23. The Kier molecular flexibility index (Phi) is 2.54. The Morgan fingerprint density at radius 1 is 1.00 bits per heavy atom. The van der Waals surface area contributed by atoms with Crippen LogP contribution in [0.2, 0.25) is 0 Å². The molecule has 5 heterocycles. The Bertz CT molecular complexity index is 1310. The number of aryl methyl sites for hydroxylation is 1. The number of pyridine rings is 2. The van der Waals surface area contributed by atoms with E-state index in [1.54, 1.807) is 0 Å². The highest BCUT2D eigenvalue weighted by molar-refractivity contribution is 6.03. The van der Waals surface area contributed by atoms with Gasteiger partial charge < -0.3 is 0 Å². The molecule has 0 spiro atoms. The van der Waals surface area contributed by atoms with Crippen LogP contribution in [-0.2, 0) is 13.6 Å². The molecule has 0 saturated heterocycles. The van der Waals surface area contributed by atoms with Gasteiger partial charge in [-0.2, -0.15) is 0 Å². The van der Waals surface area contributed by atoms with Crippen LogP contribution in [0.25, 0.3) is 39.3 Å². The summed E-state index contributed by atoms with van der Waals surface area (Å²) in [6.45, 7) is 0.832. The van der Waals surface area contributed by atoms with Crippen molar-refractivity contribution in [1.29, 1.82) is 0 Å². The van der Waals surface area contributed by atoms with E-state index in [-0.39, 0.29) is 0 Å². The number of hydrogen-bond donors (Lipinski definition) is 0. The first-order valence-electron chi connectivity index (χ1n) is 8.71. The van der Waals surface area contributed by atoms with E-state index in [2.05, 4.69) is 68.2 Å². The summed E-state index contributed by atoms with van der Waals surface area (Å²) in [7, 11) is 2.12. The molecule has 6 rings (SSSR count). The second-order valence-electron chi connectivity index (χ2n) is 6.72. The van der Waals surface area contributed by atoms with Gasteiger partial charge in [0.1, 0.15) is 16.7 Å². The van der Waals surface area contributed by atoms with Crippen LogP contribution in [0, 0.1) is 0 Å². The van der Waals surface area contributed by atoms with E-state index in [4.69, 9.17) is 4.98 Å². The molecule has 5 heteroatoms. The first-order valence-corrected chi connectivity index (χ1v) is 8.71. The maximum atomic E-state index is 4.72. The number of rotatable bonds is 1. The molecule has 0 atom stereocenters. The second kappa shape index (κ2) is 4.79. The summed E-state index contributed by atoms with van der Waals surface area (Å²) in [5.74, 6) is 1.20. The number of imidazole rings is 1. The van der Waals surface area contributed by atoms with E-state index in [1.807, 2.05) is 24.7 Å². The quantitative estimate of drug-likeness (QED) is 0.432. The average molecular weight is 338 g/mol. The predicted molar refractivity (Wildman–Crippen MR) is 100 cm³/mol. The zero-order chi connectivity index (χ0) is 17.3. The summed E-state index contributed by atoms with van der Waals surface area (Å²) in [5, 5.41) is 0. The van der Waals surface area contributed by atoms with Gasteiger partial charge in [0, 0.05) is 24.2 Å². The Hall–Kier alpha value is -3.47. The lowest BCUT2D eigenvalue weighted by molar-refractivity contribution is -0.648. The van der Waals surface area contributed by atoms with Crippen LogP contribution < -0.4 is 4.57 Å². The van der Waals surface area contributed by atoms with Gasteiger partial charge in [0.05, 0.1) is 19.2 Å². The van der Waals surface area contributed by atoms with Crippen molar-refractivity contribution >= 4 is 22.2 Å². The highest BCUT2D eigenvalue weighted by Gasteiger charge is 2.36. The Balaban J connectivity index is 1.87. The molecular weight excluding hydrogens is 322 g/mol. The van der Waals surface area contributed by atoms with Crippen molar-refractivity contribution in [3.8, 4) is 17.1 Å². The van der Waals surface area contributed by atoms with E-state index in [0.29, 0.717) is 0 Å². The second-order valence-corrected chi connectivity index (χ2v) is 6.72. The SMILES string of the molecule is Cn1c2cccnc2c2c1[n+]1c(n2-c2ccccc2)-c2ccncc2C1. The smallest absolute Gasteiger partial charge is 0.264 e. The minimum absolute atomic E-state index is 0.832. The summed E-state index contributed by atoms with van der Waals surface area (Å²) in [5.41, 5.74) is 8.17. The summed E-state index contributed by atoms with van der Waals surface area (Å²) in [6, 6.07) is 16.8. The van der Waals surface area contributed by atoms with Crippen LogP contribution in [-0.4, -0.2) is 19.1 Å². The van der Waals surface area contributed by atoms with Gasteiger partial charge in [0.25, 0.3) is 5.65 Å². The fourth-order valence-electron chi connectivity index (χ4n) is 4.26. The molecule has 5 nitrogen and oxygen atoms in total. The van der Waals surface area contributed by atoms with Crippen LogP contribution in [0.5, 0.6) is 0 Å². The lowest BCUT2D eigenvalue weighted by Crippen LogP contribution is -2.33. The molecule has 5 aromatic rings. The molecular formula is C21H16N5+. The summed E-state index contributed by atoms with van der Waals surface area (Å²) in [4.78, 5) is 9.04. The number of benzene rings is 1. The van der Waals surface area contributed by atoms with Crippen LogP contribution in [0.1, 0.15) is 5.56 Å². The maximum Gasteiger partial charge on any atom is 0.271 e. The Morgan fingerprint density at radius 2 is 1.88 bits per heavy atom. The number of fused-ring (bicyclic) bond motifs is 7. The van der Waals surface area contributed by atoms with Crippen molar-refractivity contribution in [3.05, 3.63) is 72.7 Å². The number of hydrogen-bond acceptors (Lipinski definition) is 2. The molecule has 4 aromatic heterocycles. The largest absolute Gasteiger partial charge is 0.271 e. The van der Waals surface area contributed by atoms with Crippen LogP contribution >= 0.6 is 0 Å². The zero-order valence-corrected chi connectivity index (χ0v) is 14.3. The van der Waals surface area contributed by atoms with Gasteiger partial charge in [0.15, 0.2) is 0 Å². The third-order valence-electron chi connectivity index (χ3n) is 5.34. The molecule has 1 aliphatic rings. The van der Waals surface area contributed by atoms with E-state index in [0.717, 1.165) is 28.8 Å². The van der Waals surface area contributed by atoms with Gasteiger partial charge in [-0.3, -0.25) is 9.55 Å². The van der Waals surface area contributed by atoms with Crippen LogP contribution in [0.4, 0.5) is 0 Å². The van der Waals surface area contributed by atoms with Crippen molar-refractivity contribution in [2.45, 2.75) is 6.54 Å². The molecule has 124 valence electrons. The normalized spacial score (nSPS) is 12.7. The van der Waals surface area contributed by atoms with Crippen molar-refractivity contribution in [3.63, 3.8) is 0 Å². The first kappa shape index (κ1) is 13.8. The minimum atomic E-state index is 0.832.